The van der Waals surface area contributed by atoms with Gasteiger partial charge in [-0.25, -0.2) is 4.39 Å². The lowest BCUT2D eigenvalue weighted by Gasteiger charge is -2.22. The number of benzene rings is 1. The second-order valence-electron chi connectivity index (χ2n) is 3.51. The summed E-state index contributed by atoms with van der Waals surface area (Å²) < 4.78 is 13.5. The molecule has 0 bridgehead atoms. The number of hydrogen-bond donors (Lipinski definition) is 0. The minimum Gasteiger partial charge on any atom is -0.301 e. The largest absolute Gasteiger partial charge is 0.301 e. The fraction of sp³-hybridized carbons (Fsp3) is 0.364. The van der Waals surface area contributed by atoms with Crippen LogP contribution >= 0.6 is 11.6 Å². The second-order valence-corrected chi connectivity index (χ2v) is 3.94. The summed E-state index contributed by atoms with van der Waals surface area (Å²) in [4.78, 5) is 1.80. The Bertz CT molecular complexity index is 385. The van der Waals surface area contributed by atoms with Crippen molar-refractivity contribution in [3.05, 3.63) is 34.6 Å². The van der Waals surface area contributed by atoms with E-state index in [1.165, 1.54) is 12.1 Å². The van der Waals surface area contributed by atoms with E-state index in [1.807, 2.05) is 20.2 Å². The molecule has 0 aliphatic rings. The lowest BCUT2D eigenvalue weighted by Crippen LogP contribution is -2.20. The van der Waals surface area contributed by atoms with Gasteiger partial charge < -0.3 is 4.90 Å². The highest BCUT2D eigenvalue weighted by atomic mass is 35.5. The molecular formula is C11H12ClFN2. The van der Waals surface area contributed by atoms with E-state index in [1.54, 1.807) is 11.0 Å². The molecule has 1 aromatic rings. The van der Waals surface area contributed by atoms with E-state index in [2.05, 4.69) is 0 Å². The molecule has 0 heterocycles. The zero-order chi connectivity index (χ0) is 11.4. The Kier molecular flexibility index (Phi) is 4.07. The quantitative estimate of drug-likeness (QED) is 0.792. The number of hydrogen-bond acceptors (Lipinski definition) is 2. The fourth-order valence-corrected chi connectivity index (χ4v) is 1.61. The Balaban J connectivity index is 3.11. The van der Waals surface area contributed by atoms with Crippen molar-refractivity contribution >= 4 is 11.6 Å². The van der Waals surface area contributed by atoms with E-state index in [0.29, 0.717) is 10.6 Å². The molecule has 4 heteroatoms. The van der Waals surface area contributed by atoms with Gasteiger partial charge in [0.1, 0.15) is 5.82 Å². The molecule has 0 saturated heterocycles. The maximum atomic E-state index is 13.5. The predicted molar refractivity (Wildman–Crippen MR) is 58.1 cm³/mol. The lowest BCUT2D eigenvalue weighted by atomic mass is 10.0. The van der Waals surface area contributed by atoms with Crippen LogP contribution in [0.2, 0.25) is 5.02 Å². The van der Waals surface area contributed by atoms with Crippen molar-refractivity contribution in [1.29, 1.82) is 5.26 Å². The smallest absolute Gasteiger partial charge is 0.128 e. The summed E-state index contributed by atoms with van der Waals surface area (Å²) in [5.74, 6) is -0.326. The number of rotatable bonds is 3. The van der Waals surface area contributed by atoms with Crippen molar-refractivity contribution in [3.8, 4) is 6.07 Å². The van der Waals surface area contributed by atoms with E-state index >= 15 is 0 Å². The van der Waals surface area contributed by atoms with Crippen LogP contribution < -0.4 is 0 Å². The third kappa shape index (κ3) is 2.92. The van der Waals surface area contributed by atoms with Crippen molar-refractivity contribution in [1.82, 2.24) is 4.90 Å². The zero-order valence-electron chi connectivity index (χ0n) is 8.67. The molecule has 0 spiro atoms. The molecule has 0 fully saturated rings. The number of nitriles is 1. The van der Waals surface area contributed by atoms with E-state index in [9.17, 15) is 4.39 Å². The molecule has 0 amide bonds. The van der Waals surface area contributed by atoms with Crippen molar-refractivity contribution < 1.29 is 4.39 Å². The first-order valence-electron chi connectivity index (χ1n) is 4.54. The molecule has 0 aliphatic heterocycles. The van der Waals surface area contributed by atoms with Gasteiger partial charge in [0, 0.05) is 10.6 Å². The van der Waals surface area contributed by atoms with E-state index in [0.717, 1.165) is 0 Å². The first-order chi connectivity index (χ1) is 7.06. The summed E-state index contributed by atoms with van der Waals surface area (Å²) in [5.41, 5.74) is 0.467. The third-order valence-electron chi connectivity index (χ3n) is 2.23. The fourth-order valence-electron chi connectivity index (χ4n) is 1.43. The SMILES string of the molecule is CN(C)C(CC#N)c1cc(Cl)ccc1F. The molecule has 1 unspecified atom stereocenters. The summed E-state index contributed by atoms with van der Waals surface area (Å²) in [6.07, 6.45) is 0.240. The molecule has 80 valence electrons. The monoisotopic (exact) mass is 226 g/mol. The van der Waals surface area contributed by atoms with E-state index < -0.39 is 0 Å². The first-order valence-corrected chi connectivity index (χ1v) is 4.92. The van der Waals surface area contributed by atoms with E-state index in [-0.39, 0.29) is 18.3 Å². The van der Waals surface area contributed by atoms with Crippen LogP contribution in [0.1, 0.15) is 18.0 Å². The van der Waals surface area contributed by atoms with Gasteiger partial charge >= 0.3 is 0 Å². The van der Waals surface area contributed by atoms with Crippen molar-refractivity contribution in [2.75, 3.05) is 14.1 Å². The standard InChI is InChI=1S/C11H12ClFN2/c1-15(2)11(5-6-14)9-7-8(12)3-4-10(9)13/h3-4,7,11H,5H2,1-2H3. The van der Waals surface area contributed by atoms with Gasteiger partial charge in [0.05, 0.1) is 18.5 Å². The highest BCUT2D eigenvalue weighted by Gasteiger charge is 2.17. The van der Waals surface area contributed by atoms with Crippen LogP contribution in [0.15, 0.2) is 18.2 Å². The minimum absolute atomic E-state index is 0.240. The van der Waals surface area contributed by atoms with Crippen LogP contribution in [-0.4, -0.2) is 19.0 Å². The topological polar surface area (TPSA) is 27.0 Å². The van der Waals surface area contributed by atoms with Gasteiger partial charge in [-0.3, -0.25) is 0 Å². The molecule has 0 N–H and O–H groups in total. The maximum absolute atomic E-state index is 13.5. The first kappa shape index (κ1) is 12.0. The molecule has 0 aromatic heterocycles. The molecule has 1 rings (SSSR count). The van der Waals surface area contributed by atoms with Crippen LogP contribution in [0.25, 0.3) is 0 Å². The molecule has 15 heavy (non-hydrogen) atoms. The summed E-state index contributed by atoms with van der Waals surface area (Å²) in [6, 6.07) is 6.18. The Morgan fingerprint density at radius 2 is 2.20 bits per heavy atom. The second kappa shape index (κ2) is 5.11. The van der Waals surface area contributed by atoms with Gasteiger partial charge in [0.15, 0.2) is 0 Å². The number of nitrogens with zero attached hydrogens (tertiary/aromatic N) is 2. The lowest BCUT2D eigenvalue weighted by molar-refractivity contribution is 0.296. The molecule has 1 aromatic carbocycles. The van der Waals surface area contributed by atoms with Crippen molar-refractivity contribution in [2.24, 2.45) is 0 Å². The third-order valence-corrected chi connectivity index (χ3v) is 2.46. The van der Waals surface area contributed by atoms with Gasteiger partial charge in [-0.15, -0.1) is 0 Å². The molecular weight excluding hydrogens is 215 g/mol. The molecule has 0 saturated carbocycles. The average molecular weight is 227 g/mol. The van der Waals surface area contributed by atoms with Gasteiger partial charge in [-0.2, -0.15) is 5.26 Å². The Labute approximate surface area is 93.9 Å². The van der Waals surface area contributed by atoms with Crippen LogP contribution in [0.5, 0.6) is 0 Å². The molecule has 2 nitrogen and oxygen atoms in total. The highest BCUT2D eigenvalue weighted by Crippen LogP contribution is 2.26. The van der Waals surface area contributed by atoms with Crippen molar-refractivity contribution in [2.45, 2.75) is 12.5 Å². The average Bonchev–Trinajstić information content (AvgIpc) is 2.18. The van der Waals surface area contributed by atoms with Gasteiger partial charge in [-0.1, -0.05) is 11.6 Å². The summed E-state index contributed by atoms with van der Waals surface area (Å²) >= 11 is 5.80. The maximum Gasteiger partial charge on any atom is 0.128 e. The normalized spacial score (nSPS) is 12.5. The Morgan fingerprint density at radius 1 is 1.53 bits per heavy atom. The van der Waals surface area contributed by atoms with Gasteiger partial charge in [0.25, 0.3) is 0 Å². The van der Waals surface area contributed by atoms with Gasteiger partial charge in [0.2, 0.25) is 0 Å². The molecule has 0 radical (unpaired) electrons. The van der Waals surface area contributed by atoms with Gasteiger partial charge in [-0.05, 0) is 32.3 Å². The van der Waals surface area contributed by atoms with Crippen LogP contribution in [0, 0.1) is 17.1 Å². The van der Waals surface area contributed by atoms with Crippen molar-refractivity contribution in [3.63, 3.8) is 0 Å². The van der Waals surface area contributed by atoms with E-state index in [4.69, 9.17) is 16.9 Å². The molecule has 0 aliphatic carbocycles. The molecule has 1 atom stereocenters. The highest BCUT2D eigenvalue weighted by molar-refractivity contribution is 6.30. The summed E-state index contributed by atoms with van der Waals surface area (Å²) in [6.45, 7) is 0. The number of halogens is 2. The zero-order valence-corrected chi connectivity index (χ0v) is 9.42. The van der Waals surface area contributed by atoms with Crippen LogP contribution in [-0.2, 0) is 0 Å². The van der Waals surface area contributed by atoms with Crippen LogP contribution in [0.3, 0.4) is 0 Å². The Hall–Kier alpha value is -1.11. The minimum atomic E-state index is -0.326. The Morgan fingerprint density at radius 3 is 2.73 bits per heavy atom. The van der Waals surface area contributed by atoms with Crippen LogP contribution in [0.4, 0.5) is 4.39 Å². The summed E-state index contributed by atoms with van der Waals surface area (Å²) in [7, 11) is 3.62. The summed E-state index contributed by atoms with van der Waals surface area (Å²) in [5, 5.41) is 9.16. The predicted octanol–water partition coefficient (Wildman–Crippen LogP) is 3.00.